The SMILES string of the molecule is Cc1cc2c(cc1CC(C)(C)C#N)OCCO2. The zero-order chi connectivity index (χ0) is 12.5. The smallest absolute Gasteiger partial charge is 0.161 e. The molecule has 0 amide bonds. The lowest BCUT2D eigenvalue weighted by Gasteiger charge is -2.22. The standard InChI is InChI=1S/C14H17NO2/c1-10-6-12-13(17-5-4-16-12)7-11(10)8-14(2,3)9-15/h6-7H,4-5,8H2,1-3H3. The number of hydrogen-bond acceptors (Lipinski definition) is 3. The van der Waals surface area contributed by atoms with Crippen LogP contribution in [0.15, 0.2) is 12.1 Å². The summed E-state index contributed by atoms with van der Waals surface area (Å²) in [6, 6.07) is 6.33. The second-order valence-corrected chi connectivity index (χ2v) is 5.09. The van der Waals surface area contributed by atoms with E-state index < -0.39 is 0 Å². The Morgan fingerprint density at radius 2 is 1.82 bits per heavy atom. The van der Waals surface area contributed by atoms with Crippen molar-refractivity contribution in [3.8, 4) is 17.6 Å². The van der Waals surface area contributed by atoms with Gasteiger partial charge in [0.05, 0.1) is 11.5 Å². The van der Waals surface area contributed by atoms with E-state index in [1.54, 1.807) is 0 Å². The number of fused-ring (bicyclic) bond motifs is 1. The van der Waals surface area contributed by atoms with E-state index in [1.165, 1.54) is 0 Å². The first kappa shape index (κ1) is 11.8. The van der Waals surface area contributed by atoms with Crippen molar-refractivity contribution in [3.63, 3.8) is 0 Å². The van der Waals surface area contributed by atoms with Crippen LogP contribution < -0.4 is 9.47 Å². The van der Waals surface area contributed by atoms with Gasteiger partial charge in [0.1, 0.15) is 13.2 Å². The van der Waals surface area contributed by atoms with E-state index in [0.29, 0.717) is 13.2 Å². The number of ether oxygens (including phenoxy) is 2. The summed E-state index contributed by atoms with van der Waals surface area (Å²) in [6.45, 7) is 7.14. The molecule has 0 saturated heterocycles. The van der Waals surface area contributed by atoms with Gasteiger partial charge in [-0.1, -0.05) is 0 Å². The Kier molecular flexibility index (Phi) is 2.97. The van der Waals surface area contributed by atoms with E-state index >= 15 is 0 Å². The van der Waals surface area contributed by atoms with Crippen molar-refractivity contribution >= 4 is 0 Å². The highest BCUT2D eigenvalue weighted by atomic mass is 16.6. The Labute approximate surface area is 102 Å². The molecule has 0 aromatic heterocycles. The highest BCUT2D eigenvalue weighted by Gasteiger charge is 2.21. The van der Waals surface area contributed by atoms with Crippen molar-refractivity contribution in [2.75, 3.05) is 13.2 Å². The molecular formula is C14H17NO2. The summed E-state index contributed by atoms with van der Waals surface area (Å²) in [5.41, 5.74) is 1.95. The molecule has 3 nitrogen and oxygen atoms in total. The van der Waals surface area contributed by atoms with E-state index in [-0.39, 0.29) is 5.41 Å². The second kappa shape index (κ2) is 4.29. The zero-order valence-corrected chi connectivity index (χ0v) is 10.5. The van der Waals surface area contributed by atoms with Gasteiger partial charge in [-0.3, -0.25) is 0 Å². The third kappa shape index (κ3) is 2.52. The maximum absolute atomic E-state index is 9.08. The van der Waals surface area contributed by atoms with Crippen LogP contribution in [0.1, 0.15) is 25.0 Å². The number of aryl methyl sites for hydroxylation is 1. The van der Waals surface area contributed by atoms with Gasteiger partial charge in [-0.2, -0.15) is 5.26 Å². The molecule has 90 valence electrons. The first-order valence-electron chi connectivity index (χ1n) is 5.82. The molecule has 17 heavy (non-hydrogen) atoms. The summed E-state index contributed by atoms with van der Waals surface area (Å²) >= 11 is 0. The molecule has 0 atom stereocenters. The Morgan fingerprint density at radius 1 is 1.24 bits per heavy atom. The molecular weight excluding hydrogens is 214 g/mol. The Bertz CT molecular complexity index is 472. The van der Waals surface area contributed by atoms with Crippen molar-refractivity contribution in [2.24, 2.45) is 5.41 Å². The van der Waals surface area contributed by atoms with Gasteiger partial charge in [0.2, 0.25) is 0 Å². The summed E-state index contributed by atoms with van der Waals surface area (Å²) in [4.78, 5) is 0. The average molecular weight is 231 g/mol. The fourth-order valence-electron chi connectivity index (χ4n) is 1.94. The molecule has 0 fully saturated rings. The predicted molar refractivity (Wildman–Crippen MR) is 65.3 cm³/mol. The number of nitrogens with zero attached hydrogens (tertiary/aromatic N) is 1. The predicted octanol–water partition coefficient (Wildman–Crippen LogP) is 2.86. The number of rotatable bonds is 2. The summed E-state index contributed by atoms with van der Waals surface area (Å²) < 4.78 is 11.1. The third-order valence-electron chi connectivity index (χ3n) is 2.94. The molecule has 0 radical (unpaired) electrons. The zero-order valence-electron chi connectivity index (χ0n) is 10.5. The fourth-order valence-corrected chi connectivity index (χ4v) is 1.94. The van der Waals surface area contributed by atoms with E-state index in [4.69, 9.17) is 14.7 Å². The van der Waals surface area contributed by atoms with Crippen LogP contribution in [-0.4, -0.2) is 13.2 Å². The lowest BCUT2D eigenvalue weighted by molar-refractivity contribution is 0.171. The van der Waals surface area contributed by atoms with Crippen molar-refractivity contribution < 1.29 is 9.47 Å². The Morgan fingerprint density at radius 3 is 2.41 bits per heavy atom. The Balaban J connectivity index is 2.33. The van der Waals surface area contributed by atoms with Gasteiger partial charge < -0.3 is 9.47 Å². The highest BCUT2D eigenvalue weighted by Crippen LogP contribution is 2.35. The van der Waals surface area contributed by atoms with E-state index in [0.717, 1.165) is 29.0 Å². The van der Waals surface area contributed by atoms with E-state index in [9.17, 15) is 0 Å². The van der Waals surface area contributed by atoms with Crippen molar-refractivity contribution in [3.05, 3.63) is 23.3 Å². The minimum atomic E-state index is -0.353. The van der Waals surface area contributed by atoms with Gasteiger partial charge in [0, 0.05) is 0 Å². The summed E-state index contributed by atoms with van der Waals surface area (Å²) in [5.74, 6) is 1.61. The quantitative estimate of drug-likeness (QED) is 0.786. The molecule has 0 bridgehead atoms. The topological polar surface area (TPSA) is 42.2 Å². The van der Waals surface area contributed by atoms with Crippen LogP contribution in [0.2, 0.25) is 0 Å². The minimum Gasteiger partial charge on any atom is -0.486 e. The maximum Gasteiger partial charge on any atom is 0.161 e. The molecule has 0 saturated carbocycles. The molecule has 0 unspecified atom stereocenters. The van der Waals surface area contributed by atoms with Crippen LogP contribution in [0.25, 0.3) is 0 Å². The lowest BCUT2D eigenvalue weighted by atomic mass is 9.85. The van der Waals surface area contributed by atoms with Crippen molar-refractivity contribution in [2.45, 2.75) is 27.2 Å². The second-order valence-electron chi connectivity index (χ2n) is 5.09. The van der Waals surface area contributed by atoms with Gasteiger partial charge in [-0.25, -0.2) is 0 Å². The van der Waals surface area contributed by atoms with E-state index in [2.05, 4.69) is 6.07 Å². The van der Waals surface area contributed by atoms with Crippen LogP contribution in [0.4, 0.5) is 0 Å². The van der Waals surface area contributed by atoms with Crippen molar-refractivity contribution in [1.29, 1.82) is 5.26 Å². The van der Waals surface area contributed by atoms with Crippen LogP contribution in [0.3, 0.4) is 0 Å². The van der Waals surface area contributed by atoms with Gasteiger partial charge in [0.15, 0.2) is 11.5 Å². The molecule has 1 heterocycles. The van der Waals surface area contributed by atoms with Crippen LogP contribution in [0.5, 0.6) is 11.5 Å². The minimum absolute atomic E-state index is 0.353. The first-order chi connectivity index (χ1) is 8.02. The number of hydrogen-bond donors (Lipinski definition) is 0. The average Bonchev–Trinajstić information content (AvgIpc) is 2.30. The molecule has 1 aromatic carbocycles. The molecule has 0 aliphatic carbocycles. The van der Waals surface area contributed by atoms with Crippen molar-refractivity contribution in [1.82, 2.24) is 0 Å². The highest BCUT2D eigenvalue weighted by molar-refractivity contribution is 5.48. The third-order valence-corrected chi connectivity index (χ3v) is 2.94. The maximum atomic E-state index is 9.08. The Hall–Kier alpha value is -1.69. The largest absolute Gasteiger partial charge is 0.486 e. The number of benzene rings is 1. The molecule has 1 aliphatic heterocycles. The van der Waals surface area contributed by atoms with Gasteiger partial charge >= 0.3 is 0 Å². The number of nitriles is 1. The van der Waals surface area contributed by atoms with Gasteiger partial charge in [-0.05, 0) is 50.5 Å². The monoisotopic (exact) mass is 231 g/mol. The van der Waals surface area contributed by atoms with Crippen LogP contribution in [-0.2, 0) is 6.42 Å². The molecule has 0 spiro atoms. The van der Waals surface area contributed by atoms with Crippen LogP contribution >= 0.6 is 0 Å². The molecule has 1 aromatic rings. The molecule has 3 heteroatoms. The first-order valence-corrected chi connectivity index (χ1v) is 5.82. The fraction of sp³-hybridized carbons (Fsp3) is 0.500. The normalized spacial score (nSPS) is 14.2. The molecule has 1 aliphatic rings. The summed E-state index contributed by atoms with van der Waals surface area (Å²) in [5, 5.41) is 9.08. The lowest BCUT2D eigenvalue weighted by Crippen LogP contribution is -2.17. The summed E-state index contributed by atoms with van der Waals surface area (Å²) in [7, 11) is 0. The molecule has 2 rings (SSSR count). The van der Waals surface area contributed by atoms with E-state index in [1.807, 2.05) is 32.9 Å². The summed E-state index contributed by atoms with van der Waals surface area (Å²) in [6.07, 6.45) is 0.728. The van der Waals surface area contributed by atoms with Gasteiger partial charge in [-0.15, -0.1) is 0 Å². The van der Waals surface area contributed by atoms with Crippen LogP contribution in [0, 0.1) is 23.7 Å². The van der Waals surface area contributed by atoms with Gasteiger partial charge in [0.25, 0.3) is 0 Å². The molecule has 0 N–H and O–H groups in total.